The largest absolute Gasteiger partial charge is 0.313 e. The Labute approximate surface area is 101 Å². The molecule has 16 heavy (non-hydrogen) atoms. The van der Waals surface area contributed by atoms with E-state index >= 15 is 0 Å². The van der Waals surface area contributed by atoms with Crippen LogP contribution in [0.3, 0.4) is 0 Å². The first-order valence-corrected chi connectivity index (χ1v) is 6.81. The lowest BCUT2D eigenvalue weighted by Gasteiger charge is -2.34. The van der Waals surface area contributed by atoms with E-state index in [1.807, 2.05) is 0 Å². The molecule has 1 N–H and O–H groups in total. The van der Waals surface area contributed by atoms with E-state index in [1.165, 1.54) is 39.3 Å². The third-order valence-electron chi connectivity index (χ3n) is 3.81. The van der Waals surface area contributed by atoms with Crippen molar-refractivity contribution in [2.24, 2.45) is 5.92 Å². The molecule has 3 nitrogen and oxygen atoms in total. The summed E-state index contributed by atoms with van der Waals surface area (Å²) in [6.07, 6.45) is 0. The summed E-state index contributed by atoms with van der Waals surface area (Å²) in [5, 5.41) is 3.60. The normalized spacial score (nSPS) is 21.6. The third-order valence-corrected chi connectivity index (χ3v) is 3.81. The molecule has 1 heterocycles. The first-order chi connectivity index (χ1) is 7.63. The molecule has 1 aliphatic rings. The Bertz CT molecular complexity index is 174. The van der Waals surface area contributed by atoms with Crippen LogP contribution < -0.4 is 5.32 Å². The Kier molecular flexibility index (Phi) is 6.32. The van der Waals surface area contributed by atoms with Gasteiger partial charge in [0.2, 0.25) is 0 Å². The van der Waals surface area contributed by atoms with Crippen LogP contribution in [0, 0.1) is 5.92 Å². The summed E-state index contributed by atoms with van der Waals surface area (Å²) >= 11 is 0. The van der Waals surface area contributed by atoms with Gasteiger partial charge in [-0.3, -0.25) is 4.90 Å². The van der Waals surface area contributed by atoms with Crippen LogP contribution in [0.1, 0.15) is 27.7 Å². The van der Waals surface area contributed by atoms with Crippen molar-refractivity contribution >= 4 is 0 Å². The number of nitrogens with one attached hydrogen (secondary N) is 1. The Morgan fingerprint density at radius 1 is 1.00 bits per heavy atom. The molecule has 0 aromatic heterocycles. The fourth-order valence-corrected chi connectivity index (χ4v) is 2.02. The van der Waals surface area contributed by atoms with Crippen LogP contribution >= 0.6 is 0 Å². The molecule has 0 aliphatic carbocycles. The molecule has 0 aromatic rings. The number of nitrogens with zero attached hydrogens (tertiary/aromatic N) is 2. The standard InChI is InChI=1S/C13H29N3/c1-5-15-8-10-16(11-9-15)7-6-14-13(4)12(2)3/h12-14H,5-11H2,1-4H3. The molecule has 0 bridgehead atoms. The number of hydrogen-bond acceptors (Lipinski definition) is 3. The highest BCUT2D eigenvalue weighted by atomic mass is 15.3. The van der Waals surface area contributed by atoms with Crippen molar-refractivity contribution < 1.29 is 0 Å². The lowest BCUT2D eigenvalue weighted by molar-refractivity contribution is 0.136. The molecule has 0 aromatic carbocycles. The number of piperazine rings is 1. The highest BCUT2D eigenvalue weighted by molar-refractivity contribution is 4.72. The van der Waals surface area contributed by atoms with Crippen LogP contribution in [0.5, 0.6) is 0 Å². The summed E-state index contributed by atoms with van der Waals surface area (Å²) in [4.78, 5) is 5.10. The first kappa shape index (κ1) is 13.9. The van der Waals surface area contributed by atoms with Crippen LogP contribution in [-0.2, 0) is 0 Å². The molecular formula is C13H29N3. The highest BCUT2D eigenvalue weighted by Gasteiger charge is 2.15. The van der Waals surface area contributed by atoms with Gasteiger partial charge in [0.25, 0.3) is 0 Å². The van der Waals surface area contributed by atoms with E-state index in [0.717, 1.165) is 12.5 Å². The molecule has 3 heteroatoms. The van der Waals surface area contributed by atoms with Gasteiger partial charge in [0, 0.05) is 45.3 Å². The molecule has 1 unspecified atom stereocenters. The molecule has 1 aliphatic heterocycles. The first-order valence-electron chi connectivity index (χ1n) is 6.81. The van der Waals surface area contributed by atoms with Gasteiger partial charge < -0.3 is 10.2 Å². The van der Waals surface area contributed by atoms with Crippen molar-refractivity contribution in [3.05, 3.63) is 0 Å². The molecule has 0 radical (unpaired) electrons. The van der Waals surface area contributed by atoms with E-state index in [2.05, 4.69) is 42.8 Å². The van der Waals surface area contributed by atoms with Crippen molar-refractivity contribution in [2.45, 2.75) is 33.7 Å². The third kappa shape index (κ3) is 4.81. The fraction of sp³-hybridized carbons (Fsp3) is 1.00. The maximum atomic E-state index is 3.60. The van der Waals surface area contributed by atoms with E-state index in [0.29, 0.717) is 6.04 Å². The maximum absolute atomic E-state index is 3.60. The van der Waals surface area contributed by atoms with Gasteiger partial charge in [0.05, 0.1) is 0 Å². The van der Waals surface area contributed by atoms with Gasteiger partial charge in [-0.25, -0.2) is 0 Å². The monoisotopic (exact) mass is 227 g/mol. The summed E-state index contributed by atoms with van der Waals surface area (Å²) in [6, 6.07) is 0.636. The second-order valence-electron chi connectivity index (χ2n) is 5.26. The summed E-state index contributed by atoms with van der Waals surface area (Å²) in [5.74, 6) is 0.733. The SMILES string of the molecule is CCN1CCN(CCNC(C)C(C)C)CC1. The minimum absolute atomic E-state index is 0.636. The minimum Gasteiger partial charge on any atom is -0.313 e. The van der Waals surface area contributed by atoms with Gasteiger partial charge in [-0.2, -0.15) is 0 Å². The van der Waals surface area contributed by atoms with E-state index in [1.54, 1.807) is 0 Å². The van der Waals surface area contributed by atoms with E-state index in [9.17, 15) is 0 Å². The van der Waals surface area contributed by atoms with E-state index in [4.69, 9.17) is 0 Å². The van der Waals surface area contributed by atoms with Gasteiger partial charge in [0.15, 0.2) is 0 Å². The minimum atomic E-state index is 0.636. The predicted molar refractivity (Wildman–Crippen MR) is 70.9 cm³/mol. The average molecular weight is 227 g/mol. The summed E-state index contributed by atoms with van der Waals surface area (Å²) in [5.41, 5.74) is 0. The molecule has 1 rings (SSSR count). The number of likely N-dealkylation sites (N-methyl/N-ethyl adjacent to an activating group) is 1. The van der Waals surface area contributed by atoms with Crippen LogP contribution in [0.25, 0.3) is 0 Å². The fourth-order valence-electron chi connectivity index (χ4n) is 2.02. The highest BCUT2D eigenvalue weighted by Crippen LogP contribution is 2.01. The van der Waals surface area contributed by atoms with Crippen molar-refractivity contribution in [3.63, 3.8) is 0 Å². The van der Waals surface area contributed by atoms with Crippen molar-refractivity contribution in [3.8, 4) is 0 Å². The quantitative estimate of drug-likeness (QED) is 0.737. The molecule has 0 saturated carbocycles. The second-order valence-corrected chi connectivity index (χ2v) is 5.26. The molecule has 1 saturated heterocycles. The van der Waals surface area contributed by atoms with Crippen molar-refractivity contribution in [2.75, 3.05) is 45.8 Å². The van der Waals surface area contributed by atoms with Gasteiger partial charge >= 0.3 is 0 Å². The van der Waals surface area contributed by atoms with Gasteiger partial charge in [-0.1, -0.05) is 20.8 Å². The molecule has 0 spiro atoms. The van der Waals surface area contributed by atoms with Gasteiger partial charge in [0.1, 0.15) is 0 Å². The molecule has 1 atom stereocenters. The average Bonchev–Trinajstić information content (AvgIpc) is 2.29. The number of rotatable bonds is 6. The Balaban J connectivity index is 2.06. The maximum Gasteiger partial charge on any atom is 0.0110 e. The molecular weight excluding hydrogens is 198 g/mol. The zero-order chi connectivity index (χ0) is 12.0. The van der Waals surface area contributed by atoms with Gasteiger partial charge in [-0.15, -0.1) is 0 Å². The zero-order valence-electron chi connectivity index (χ0n) is 11.5. The Hall–Kier alpha value is -0.120. The van der Waals surface area contributed by atoms with Crippen LogP contribution in [0.2, 0.25) is 0 Å². The lowest BCUT2D eigenvalue weighted by atomic mass is 10.1. The molecule has 1 fully saturated rings. The lowest BCUT2D eigenvalue weighted by Crippen LogP contribution is -2.48. The smallest absolute Gasteiger partial charge is 0.0110 e. The van der Waals surface area contributed by atoms with Crippen LogP contribution in [-0.4, -0.2) is 61.7 Å². The van der Waals surface area contributed by atoms with Crippen LogP contribution in [0.4, 0.5) is 0 Å². The second kappa shape index (κ2) is 7.25. The Morgan fingerprint density at radius 3 is 2.06 bits per heavy atom. The van der Waals surface area contributed by atoms with Crippen molar-refractivity contribution in [1.82, 2.24) is 15.1 Å². The van der Waals surface area contributed by atoms with E-state index in [-0.39, 0.29) is 0 Å². The zero-order valence-corrected chi connectivity index (χ0v) is 11.5. The topological polar surface area (TPSA) is 18.5 Å². The molecule has 96 valence electrons. The summed E-state index contributed by atoms with van der Waals surface area (Å²) in [6.45, 7) is 17.6. The van der Waals surface area contributed by atoms with Crippen molar-refractivity contribution in [1.29, 1.82) is 0 Å². The Morgan fingerprint density at radius 2 is 1.56 bits per heavy atom. The van der Waals surface area contributed by atoms with Gasteiger partial charge in [-0.05, 0) is 19.4 Å². The van der Waals surface area contributed by atoms with E-state index < -0.39 is 0 Å². The van der Waals surface area contributed by atoms with Crippen LogP contribution in [0.15, 0.2) is 0 Å². The predicted octanol–water partition coefficient (Wildman–Crippen LogP) is 1.26. The molecule has 0 amide bonds. The summed E-state index contributed by atoms with van der Waals surface area (Å²) in [7, 11) is 0. The number of hydrogen-bond donors (Lipinski definition) is 1. The summed E-state index contributed by atoms with van der Waals surface area (Å²) < 4.78 is 0.